The van der Waals surface area contributed by atoms with Crippen molar-refractivity contribution < 1.29 is 14.3 Å². The Labute approximate surface area is 179 Å². The van der Waals surface area contributed by atoms with Gasteiger partial charge in [0.15, 0.2) is 0 Å². The lowest BCUT2D eigenvalue weighted by Crippen LogP contribution is -2.30. The van der Waals surface area contributed by atoms with Crippen LogP contribution in [0.2, 0.25) is 0 Å². The number of carbonyl (C=O) groups excluding carboxylic acids is 1. The molecule has 4 nitrogen and oxygen atoms in total. The smallest absolute Gasteiger partial charge is 0.253 e. The van der Waals surface area contributed by atoms with Crippen LogP contribution in [0, 0.1) is 0 Å². The molecule has 0 atom stereocenters. The number of rotatable bonds is 9. The number of carbonyl (C=O) groups is 1. The average molecular weight is 404 g/mol. The van der Waals surface area contributed by atoms with E-state index in [2.05, 4.69) is 24.3 Å². The fourth-order valence-electron chi connectivity index (χ4n) is 3.35. The van der Waals surface area contributed by atoms with Crippen LogP contribution in [0.25, 0.3) is 11.1 Å². The van der Waals surface area contributed by atoms with E-state index in [9.17, 15) is 4.79 Å². The molecule has 0 unspecified atom stereocenters. The molecule has 4 heteroatoms. The Balaban J connectivity index is 1.76. The first-order chi connectivity index (χ1) is 14.7. The zero-order valence-corrected chi connectivity index (χ0v) is 17.9. The van der Waals surface area contributed by atoms with Crippen LogP contribution in [-0.4, -0.2) is 30.5 Å². The first-order valence-electron chi connectivity index (χ1n) is 10.5. The summed E-state index contributed by atoms with van der Waals surface area (Å²) in [5.41, 5.74) is 3.83. The quantitative estimate of drug-likeness (QED) is 0.452. The molecule has 3 rings (SSSR count). The minimum absolute atomic E-state index is 0.0245. The maximum absolute atomic E-state index is 12.7. The van der Waals surface area contributed by atoms with Crippen LogP contribution in [0.4, 0.5) is 0 Å². The molecule has 0 fully saturated rings. The average Bonchev–Trinajstić information content (AvgIpc) is 2.80. The van der Waals surface area contributed by atoms with Crippen LogP contribution in [-0.2, 0) is 6.61 Å². The fraction of sp³-hybridized carbons (Fsp3) is 0.269. The molecule has 3 aromatic carbocycles. The second-order valence-corrected chi connectivity index (χ2v) is 6.91. The third-order valence-corrected chi connectivity index (χ3v) is 5.01. The minimum atomic E-state index is 0.0245. The zero-order valence-electron chi connectivity index (χ0n) is 17.9. The van der Waals surface area contributed by atoms with Gasteiger partial charge in [0.05, 0.1) is 6.61 Å². The van der Waals surface area contributed by atoms with Crippen molar-refractivity contribution in [1.29, 1.82) is 0 Å². The molecular weight excluding hydrogens is 374 g/mol. The predicted molar refractivity (Wildman–Crippen MR) is 121 cm³/mol. The largest absolute Gasteiger partial charge is 0.493 e. The maximum atomic E-state index is 12.7. The summed E-state index contributed by atoms with van der Waals surface area (Å²) in [5.74, 6) is 1.55. The summed E-state index contributed by atoms with van der Waals surface area (Å²) in [5, 5.41) is 0. The number of ether oxygens (including phenoxy) is 2. The Morgan fingerprint density at radius 2 is 1.47 bits per heavy atom. The van der Waals surface area contributed by atoms with Gasteiger partial charge in [-0.1, -0.05) is 42.5 Å². The topological polar surface area (TPSA) is 38.8 Å². The van der Waals surface area contributed by atoms with Gasteiger partial charge in [-0.25, -0.2) is 0 Å². The van der Waals surface area contributed by atoms with E-state index in [1.54, 1.807) is 0 Å². The van der Waals surface area contributed by atoms with Gasteiger partial charge in [0.1, 0.15) is 18.1 Å². The number of nitrogens with zero attached hydrogens (tertiary/aromatic N) is 1. The molecule has 0 N–H and O–H groups in total. The third-order valence-electron chi connectivity index (χ3n) is 5.01. The van der Waals surface area contributed by atoms with Gasteiger partial charge in [-0.2, -0.15) is 0 Å². The van der Waals surface area contributed by atoms with Crippen molar-refractivity contribution in [1.82, 2.24) is 4.90 Å². The normalized spacial score (nSPS) is 10.5. The summed E-state index contributed by atoms with van der Waals surface area (Å²) < 4.78 is 11.8. The maximum Gasteiger partial charge on any atom is 0.253 e. The van der Waals surface area contributed by atoms with Crippen LogP contribution in [0.5, 0.6) is 11.5 Å². The van der Waals surface area contributed by atoms with Crippen molar-refractivity contribution in [2.24, 2.45) is 0 Å². The van der Waals surface area contributed by atoms with E-state index in [4.69, 9.17) is 9.47 Å². The molecule has 0 saturated carbocycles. The van der Waals surface area contributed by atoms with Crippen LogP contribution in [0.15, 0.2) is 72.8 Å². The van der Waals surface area contributed by atoms with Crippen molar-refractivity contribution in [3.05, 3.63) is 83.9 Å². The van der Waals surface area contributed by atoms with Gasteiger partial charge in [0.25, 0.3) is 5.91 Å². The lowest BCUT2D eigenvalue weighted by molar-refractivity contribution is 0.0772. The van der Waals surface area contributed by atoms with E-state index in [0.717, 1.165) is 22.6 Å². The second-order valence-electron chi connectivity index (χ2n) is 6.91. The van der Waals surface area contributed by atoms with E-state index >= 15 is 0 Å². The van der Waals surface area contributed by atoms with E-state index in [-0.39, 0.29) is 5.91 Å². The van der Waals surface area contributed by atoms with Crippen molar-refractivity contribution in [3.63, 3.8) is 0 Å². The summed E-state index contributed by atoms with van der Waals surface area (Å²) in [6, 6.07) is 23.8. The van der Waals surface area contributed by atoms with Gasteiger partial charge in [0, 0.05) is 24.2 Å². The molecule has 3 aromatic rings. The molecule has 0 aliphatic heterocycles. The molecule has 0 bridgehead atoms. The molecule has 0 aromatic heterocycles. The van der Waals surface area contributed by atoms with Crippen LogP contribution in [0.1, 0.15) is 36.7 Å². The lowest BCUT2D eigenvalue weighted by atomic mass is 10.1. The number of hydrogen-bond donors (Lipinski definition) is 0. The third kappa shape index (κ3) is 5.20. The van der Waals surface area contributed by atoms with Crippen molar-refractivity contribution in [2.75, 3.05) is 19.7 Å². The van der Waals surface area contributed by atoms with Crippen molar-refractivity contribution >= 4 is 5.91 Å². The second kappa shape index (κ2) is 10.5. The fourth-order valence-corrected chi connectivity index (χ4v) is 3.35. The Morgan fingerprint density at radius 1 is 0.800 bits per heavy atom. The molecule has 0 radical (unpaired) electrons. The summed E-state index contributed by atoms with van der Waals surface area (Å²) in [7, 11) is 0. The molecule has 1 amide bonds. The van der Waals surface area contributed by atoms with E-state index in [0.29, 0.717) is 31.9 Å². The highest BCUT2D eigenvalue weighted by atomic mass is 16.5. The molecule has 30 heavy (non-hydrogen) atoms. The van der Waals surface area contributed by atoms with Crippen molar-refractivity contribution in [2.45, 2.75) is 27.4 Å². The highest BCUT2D eigenvalue weighted by molar-refractivity contribution is 5.94. The minimum Gasteiger partial charge on any atom is -0.493 e. The van der Waals surface area contributed by atoms with Crippen LogP contribution in [0.3, 0.4) is 0 Å². The van der Waals surface area contributed by atoms with Gasteiger partial charge in [-0.05, 0) is 62.2 Å². The number of hydrogen-bond acceptors (Lipinski definition) is 3. The predicted octanol–water partition coefficient (Wildman–Crippen LogP) is 5.81. The molecule has 0 spiro atoms. The lowest BCUT2D eigenvalue weighted by Gasteiger charge is -2.20. The Hall–Kier alpha value is -3.27. The van der Waals surface area contributed by atoms with Crippen LogP contribution >= 0.6 is 0 Å². The summed E-state index contributed by atoms with van der Waals surface area (Å²) in [6.45, 7) is 8.17. The highest BCUT2D eigenvalue weighted by Gasteiger charge is 2.15. The standard InChI is InChI=1S/C26H29NO3/c1-4-27(5-2)26(28)22-14-17-25(29-6-3)23(18-22)19-30-24-15-12-21(13-16-24)20-10-8-7-9-11-20/h7-18H,4-6,19H2,1-3H3. The molecule has 0 saturated heterocycles. The van der Waals surface area contributed by atoms with Crippen LogP contribution < -0.4 is 9.47 Å². The van der Waals surface area contributed by atoms with Gasteiger partial charge >= 0.3 is 0 Å². The summed E-state index contributed by atoms with van der Waals surface area (Å²) >= 11 is 0. The van der Waals surface area contributed by atoms with E-state index in [1.165, 1.54) is 5.56 Å². The number of amides is 1. The Morgan fingerprint density at radius 3 is 2.10 bits per heavy atom. The summed E-state index contributed by atoms with van der Waals surface area (Å²) in [4.78, 5) is 14.5. The monoisotopic (exact) mass is 403 g/mol. The SMILES string of the molecule is CCOc1ccc(C(=O)N(CC)CC)cc1COc1ccc(-c2ccccc2)cc1. The number of benzene rings is 3. The van der Waals surface area contributed by atoms with Gasteiger partial charge in [-0.3, -0.25) is 4.79 Å². The molecule has 0 aliphatic carbocycles. The molecule has 156 valence electrons. The first-order valence-corrected chi connectivity index (χ1v) is 10.5. The molecular formula is C26H29NO3. The van der Waals surface area contributed by atoms with Crippen molar-refractivity contribution in [3.8, 4) is 22.6 Å². The molecule has 0 heterocycles. The first kappa shape index (κ1) is 21.4. The Bertz CT molecular complexity index is 948. The summed E-state index contributed by atoms with van der Waals surface area (Å²) in [6.07, 6.45) is 0. The van der Waals surface area contributed by atoms with Gasteiger partial charge < -0.3 is 14.4 Å². The van der Waals surface area contributed by atoms with E-state index in [1.807, 2.05) is 74.2 Å². The van der Waals surface area contributed by atoms with Gasteiger partial charge in [-0.15, -0.1) is 0 Å². The van der Waals surface area contributed by atoms with Gasteiger partial charge in [0.2, 0.25) is 0 Å². The highest BCUT2D eigenvalue weighted by Crippen LogP contribution is 2.25. The molecule has 0 aliphatic rings. The Kier molecular flexibility index (Phi) is 7.50. The zero-order chi connectivity index (χ0) is 21.3. The van der Waals surface area contributed by atoms with E-state index < -0.39 is 0 Å².